The van der Waals surface area contributed by atoms with Crippen LogP contribution in [0.1, 0.15) is 80.4 Å². The van der Waals surface area contributed by atoms with Crippen LogP contribution in [0.5, 0.6) is 0 Å². The van der Waals surface area contributed by atoms with Crippen molar-refractivity contribution in [2.24, 2.45) is 0 Å². The Kier molecular flexibility index (Phi) is 10.7. The van der Waals surface area contributed by atoms with E-state index < -0.39 is 39.5 Å². The van der Waals surface area contributed by atoms with Crippen LogP contribution in [0.25, 0.3) is 0 Å². The van der Waals surface area contributed by atoms with Gasteiger partial charge in [-0.3, -0.25) is 0 Å². The lowest BCUT2D eigenvalue weighted by Crippen LogP contribution is -2.61. The Balaban J connectivity index is 0.000000216. The summed E-state index contributed by atoms with van der Waals surface area (Å²) in [7, 11) is -9.89. The Bertz CT molecular complexity index is 2150. The van der Waals surface area contributed by atoms with E-state index in [-0.39, 0.29) is 30.4 Å². The molecule has 0 fully saturated rings. The summed E-state index contributed by atoms with van der Waals surface area (Å²) < 4.78 is 83.9. The molecular formula is C41H52F2N2O4S2Si. The van der Waals surface area contributed by atoms with Gasteiger partial charge in [0.05, 0.1) is 9.79 Å². The van der Waals surface area contributed by atoms with Gasteiger partial charge in [0, 0.05) is 35.3 Å². The van der Waals surface area contributed by atoms with Gasteiger partial charge in [-0.25, -0.2) is 25.6 Å². The molecule has 2 aliphatic rings. The van der Waals surface area contributed by atoms with Crippen molar-refractivity contribution in [1.82, 2.24) is 0 Å². The summed E-state index contributed by atoms with van der Waals surface area (Å²) in [4.78, 5) is -0.282. The number of hydrogen-bond acceptors (Lipinski definition) is 6. The maximum Gasteiger partial charge on any atom is 0.209 e. The summed E-state index contributed by atoms with van der Waals surface area (Å²) in [6.45, 7) is 23.5. The third-order valence-electron chi connectivity index (χ3n) is 11.1. The van der Waals surface area contributed by atoms with Gasteiger partial charge in [0.1, 0.15) is 21.4 Å². The fraction of sp³-hybridized carbons (Fsp3) is 0.415. The second-order valence-corrected chi connectivity index (χ2v) is 25.9. The maximum absolute atomic E-state index is 15.3. The van der Waals surface area contributed by atoms with Crippen molar-refractivity contribution in [3.05, 3.63) is 108 Å². The molecule has 0 radical (unpaired) electrons. The highest BCUT2D eigenvalue weighted by Gasteiger charge is 2.53. The third-order valence-corrected chi connectivity index (χ3v) is 21.5. The van der Waals surface area contributed by atoms with Crippen molar-refractivity contribution >= 4 is 39.3 Å². The van der Waals surface area contributed by atoms with Gasteiger partial charge in [0.15, 0.2) is 8.24 Å². The molecule has 2 aliphatic heterocycles. The number of hydrogen-bond donors (Lipinski definition) is 1. The topological polar surface area (TPSA) is 83.6 Å². The second kappa shape index (κ2) is 14.0. The highest BCUT2D eigenvalue weighted by atomic mass is 32.2. The van der Waals surface area contributed by atoms with Gasteiger partial charge in [0.25, 0.3) is 0 Å². The maximum atomic E-state index is 15.3. The van der Waals surface area contributed by atoms with Crippen molar-refractivity contribution in [1.29, 1.82) is 0 Å². The number of halogens is 2. The van der Waals surface area contributed by atoms with Crippen LogP contribution >= 0.6 is 0 Å². The second-order valence-electron chi connectivity index (χ2n) is 16.3. The van der Waals surface area contributed by atoms with Crippen LogP contribution in [-0.2, 0) is 30.5 Å². The van der Waals surface area contributed by atoms with Crippen LogP contribution in [0.4, 0.5) is 20.2 Å². The minimum atomic E-state index is -3.94. The van der Waals surface area contributed by atoms with E-state index in [1.54, 1.807) is 42.5 Å². The fourth-order valence-corrected chi connectivity index (χ4v) is 18.5. The molecule has 52 heavy (non-hydrogen) atoms. The molecule has 0 atom stereocenters. The number of fused-ring (bicyclic) bond motifs is 2. The Morgan fingerprint density at radius 1 is 0.635 bits per heavy atom. The lowest BCUT2D eigenvalue weighted by atomic mass is 9.87. The highest BCUT2D eigenvalue weighted by molar-refractivity contribution is 7.91. The molecule has 6 rings (SSSR count). The molecule has 0 spiro atoms. The summed E-state index contributed by atoms with van der Waals surface area (Å²) in [5.74, 6) is -1.36. The average molecular weight is 767 g/mol. The van der Waals surface area contributed by atoms with Crippen LogP contribution in [-0.4, -0.2) is 38.2 Å². The summed E-state index contributed by atoms with van der Waals surface area (Å²) in [6, 6.07) is 21.9. The molecule has 6 nitrogen and oxygen atoms in total. The molecule has 0 bridgehead atoms. The SMILES string of the molecule is CC(C)[Si](C(C)C)(C(C)C)N1CC(C)(C)c2cc(F)c(S(=O)(=O)c3ccccc3)cc21.CC1(C)CNc2cc(S(=O)(=O)c3ccccc3)c(F)cc21. The van der Waals surface area contributed by atoms with Gasteiger partial charge in [-0.15, -0.1) is 0 Å². The third kappa shape index (κ3) is 6.73. The molecule has 2 heterocycles. The van der Waals surface area contributed by atoms with Gasteiger partial charge in [-0.05, 0) is 76.3 Å². The van der Waals surface area contributed by atoms with E-state index in [9.17, 15) is 21.2 Å². The van der Waals surface area contributed by atoms with Crippen molar-refractivity contribution < 1.29 is 25.6 Å². The lowest BCUT2D eigenvalue weighted by molar-refractivity contribution is 0.547. The van der Waals surface area contributed by atoms with Gasteiger partial charge in [-0.1, -0.05) is 106 Å². The fourth-order valence-electron chi connectivity index (χ4n) is 8.69. The van der Waals surface area contributed by atoms with Crippen LogP contribution in [0.15, 0.2) is 105 Å². The number of sulfone groups is 2. The zero-order valence-corrected chi connectivity index (χ0v) is 34.5. The van der Waals surface area contributed by atoms with Crippen molar-refractivity contribution in [2.45, 2.75) is 116 Å². The average Bonchev–Trinajstić information content (AvgIpc) is 3.51. The normalized spacial score (nSPS) is 16.4. The largest absolute Gasteiger partial charge is 0.395 e. The Morgan fingerprint density at radius 2 is 1.06 bits per heavy atom. The highest BCUT2D eigenvalue weighted by Crippen LogP contribution is 2.53. The van der Waals surface area contributed by atoms with E-state index in [4.69, 9.17) is 0 Å². The van der Waals surface area contributed by atoms with E-state index in [0.717, 1.165) is 23.4 Å². The minimum absolute atomic E-state index is 0.0982. The quantitative estimate of drug-likeness (QED) is 0.180. The molecule has 0 aliphatic carbocycles. The summed E-state index contributed by atoms with van der Waals surface area (Å²) >= 11 is 0. The van der Waals surface area contributed by atoms with Crippen molar-refractivity contribution in [3.63, 3.8) is 0 Å². The molecular weight excluding hydrogens is 715 g/mol. The molecule has 4 aromatic carbocycles. The van der Waals surface area contributed by atoms with Crippen LogP contribution < -0.4 is 9.88 Å². The first-order valence-corrected chi connectivity index (χ1v) is 23.0. The molecule has 0 unspecified atom stereocenters. The minimum Gasteiger partial charge on any atom is -0.395 e. The number of nitrogens with zero attached hydrogens (tertiary/aromatic N) is 1. The first-order chi connectivity index (χ1) is 24.1. The van der Waals surface area contributed by atoms with Crippen LogP contribution in [0.2, 0.25) is 16.6 Å². The summed E-state index contributed by atoms with van der Waals surface area (Å²) in [5.41, 5.74) is 4.27. The molecule has 280 valence electrons. The molecule has 0 saturated carbocycles. The zero-order chi connectivity index (χ0) is 38.6. The Labute approximate surface area is 310 Å². The lowest BCUT2D eigenvalue weighted by Gasteiger charge is -2.51. The van der Waals surface area contributed by atoms with E-state index in [1.807, 2.05) is 13.8 Å². The van der Waals surface area contributed by atoms with E-state index in [0.29, 0.717) is 28.9 Å². The molecule has 0 saturated heterocycles. The van der Waals surface area contributed by atoms with Crippen molar-refractivity contribution in [3.8, 4) is 0 Å². The monoisotopic (exact) mass is 766 g/mol. The van der Waals surface area contributed by atoms with Gasteiger partial charge < -0.3 is 9.88 Å². The summed E-state index contributed by atoms with van der Waals surface area (Å²) in [6.07, 6.45) is 0. The van der Waals surface area contributed by atoms with E-state index in [2.05, 4.69) is 65.3 Å². The first kappa shape index (κ1) is 39.7. The smallest absolute Gasteiger partial charge is 0.209 e. The predicted octanol–water partition coefficient (Wildman–Crippen LogP) is 10.3. The number of nitrogens with one attached hydrogen (secondary N) is 1. The molecule has 1 N–H and O–H groups in total. The van der Waals surface area contributed by atoms with Gasteiger partial charge in [0.2, 0.25) is 19.7 Å². The Morgan fingerprint density at radius 3 is 1.50 bits per heavy atom. The van der Waals surface area contributed by atoms with E-state index >= 15 is 4.39 Å². The first-order valence-electron chi connectivity index (χ1n) is 17.9. The molecule has 0 aromatic heterocycles. The molecule has 0 amide bonds. The van der Waals surface area contributed by atoms with Crippen LogP contribution in [0, 0.1) is 11.6 Å². The zero-order valence-electron chi connectivity index (χ0n) is 31.9. The van der Waals surface area contributed by atoms with Gasteiger partial charge >= 0.3 is 0 Å². The molecule has 11 heteroatoms. The standard InChI is InChI=1S/C25H36FNO2SSi.C16H16FNO2S/c1-17(2)31(18(3)4,19(5)6)27-16-25(7,8)21-14-22(26)24(15-23(21)27)30(28,29)20-12-10-9-11-13-20;1-16(2)10-18-14-9-15(13(17)8-12(14)16)21(19,20)11-6-4-3-5-7-11/h9-15,17-19H,16H2,1-8H3;3-9,18H,10H2,1-2H3. The van der Waals surface area contributed by atoms with E-state index in [1.165, 1.54) is 42.5 Å². The Hall–Kier alpha value is -3.54. The van der Waals surface area contributed by atoms with Crippen LogP contribution in [0.3, 0.4) is 0 Å². The number of anilines is 2. The van der Waals surface area contributed by atoms with Crippen molar-refractivity contribution in [2.75, 3.05) is 23.0 Å². The molecule has 4 aromatic rings. The number of rotatable bonds is 8. The number of benzene rings is 4. The van der Waals surface area contributed by atoms with Gasteiger partial charge in [-0.2, -0.15) is 0 Å². The summed E-state index contributed by atoms with van der Waals surface area (Å²) in [5, 5.41) is 3.15. The predicted molar refractivity (Wildman–Crippen MR) is 210 cm³/mol.